The van der Waals surface area contributed by atoms with Crippen molar-refractivity contribution in [3.8, 4) is 0 Å². The minimum atomic E-state index is 0.0301. The van der Waals surface area contributed by atoms with Gasteiger partial charge in [-0.2, -0.15) is 0 Å². The van der Waals surface area contributed by atoms with Gasteiger partial charge in [0.1, 0.15) is 0 Å². The van der Waals surface area contributed by atoms with Crippen LogP contribution in [-0.4, -0.2) is 35.3 Å². The summed E-state index contributed by atoms with van der Waals surface area (Å²) in [6, 6.07) is 1.06. The average Bonchev–Trinajstić information content (AvgIpc) is 3.29. The lowest BCUT2D eigenvalue weighted by Gasteiger charge is -2.36. The normalized spacial score (nSPS) is 24.8. The predicted octanol–water partition coefficient (Wildman–Crippen LogP) is 3.25. The molecule has 2 aliphatic carbocycles. The van der Waals surface area contributed by atoms with Crippen molar-refractivity contribution >= 4 is 11.8 Å². The monoisotopic (exact) mass is 308 g/mol. The zero-order chi connectivity index (χ0) is 15.9. The van der Waals surface area contributed by atoms with E-state index in [0.29, 0.717) is 24.4 Å². The van der Waals surface area contributed by atoms with Gasteiger partial charge in [-0.25, -0.2) is 0 Å². The van der Waals surface area contributed by atoms with Crippen molar-refractivity contribution in [2.45, 2.75) is 90.1 Å². The summed E-state index contributed by atoms with van der Waals surface area (Å²) in [6.45, 7) is 4.60. The van der Waals surface area contributed by atoms with Gasteiger partial charge in [-0.3, -0.25) is 9.59 Å². The molecule has 126 valence electrons. The first-order valence-corrected chi connectivity index (χ1v) is 9.13. The molecule has 0 bridgehead atoms. The Hall–Kier alpha value is -1.06. The second kappa shape index (κ2) is 8.54. The van der Waals surface area contributed by atoms with Crippen molar-refractivity contribution in [2.75, 3.05) is 6.54 Å². The fraction of sp³-hybridized carbons (Fsp3) is 0.889. The number of rotatable bonds is 8. The topological polar surface area (TPSA) is 49.4 Å². The van der Waals surface area contributed by atoms with Gasteiger partial charge in [-0.15, -0.1) is 0 Å². The molecule has 1 N–H and O–H groups in total. The molecule has 2 aliphatic rings. The molecule has 2 fully saturated rings. The standard InChI is InChI=1S/C18H32N2O2/c1-14-7-9-16(10-8-14)20(17-11-12-17)18(22)6-4-3-5-13-19-15(2)21/h14,16-17H,3-13H2,1-2H3,(H,19,21). The lowest BCUT2D eigenvalue weighted by Crippen LogP contribution is -2.43. The summed E-state index contributed by atoms with van der Waals surface area (Å²) in [5, 5.41) is 2.81. The fourth-order valence-electron chi connectivity index (χ4n) is 3.55. The molecule has 4 nitrogen and oxygen atoms in total. The molecule has 0 atom stereocenters. The lowest BCUT2D eigenvalue weighted by molar-refractivity contribution is -0.135. The van der Waals surface area contributed by atoms with Crippen LogP contribution in [-0.2, 0) is 9.59 Å². The van der Waals surface area contributed by atoms with Crippen LogP contribution >= 0.6 is 0 Å². The molecule has 0 heterocycles. The fourth-order valence-corrected chi connectivity index (χ4v) is 3.55. The molecule has 2 saturated carbocycles. The Bertz CT molecular complexity index is 371. The van der Waals surface area contributed by atoms with Crippen LogP contribution in [0.2, 0.25) is 0 Å². The van der Waals surface area contributed by atoms with Crippen LogP contribution in [0.15, 0.2) is 0 Å². The van der Waals surface area contributed by atoms with E-state index in [1.165, 1.54) is 38.5 Å². The van der Waals surface area contributed by atoms with Crippen LogP contribution < -0.4 is 5.32 Å². The number of nitrogens with zero attached hydrogens (tertiary/aromatic N) is 1. The summed E-state index contributed by atoms with van der Waals surface area (Å²) in [5.41, 5.74) is 0. The predicted molar refractivity (Wildman–Crippen MR) is 88.4 cm³/mol. The van der Waals surface area contributed by atoms with E-state index < -0.39 is 0 Å². The summed E-state index contributed by atoms with van der Waals surface area (Å²) in [6.07, 6.45) is 11.0. The van der Waals surface area contributed by atoms with E-state index in [4.69, 9.17) is 0 Å². The Balaban J connectivity index is 1.68. The van der Waals surface area contributed by atoms with Gasteiger partial charge >= 0.3 is 0 Å². The number of hydrogen-bond acceptors (Lipinski definition) is 2. The minimum absolute atomic E-state index is 0.0301. The minimum Gasteiger partial charge on any atom is -0.356 e. The highest BCUT2D eigenvalue weighted by molar-refractivity contribution is 5.77. The zero-order valence-electron chi connectivity index (χ0n) is 14.3. The maximum atomic E-state index is 12.6. The second-order valence-corrected chi connectivity index (χ2v) is 7.24. The number of carbonyl (C=O) groups excluding carboxylic acids is 2. The molecule has 0 aromatic rings. The lowest BCUT2D eigenvalue weighted by atomic mass is 9.86. The SMILES string of the molecule is CC(=O)NCCCCCC(=O)N(C1CCC(C)CC1)C1CC1. The van der Waals surface area contributed by atoms with Crippen LogP contribution in [0.4, 0.5) is 0 Å². The van der Waals surface area contributed by atoms with Crippen molar-refractivity contribution in [3.05, 3.63) is 0 Å². The van der Waals surface area contributed by atoms with Gasteiger partial charge in [0.2, 0.25) is 11.8 Å². The number of unbranched alkanes of at least 4 members (excludes halogenated alkanes) is 2. The molecular formula is C18H32N2O2. The summed E-state index contributed by atoms with van der Waals surface area (Å²) < 4.78 is 0. The van der Waals surface area contributed by atoms with Gasteiger partial charge in [0.05, 0.1) is 0 Å². The molecule has 0 spiro atoms. The van der Waals surface area contributed by atoms with E-state index >= 15 is 0 Å². The molecule has 22 heavy (non-hydrogen) atoms. The van der Waals surface area contributed by atoms with Gasteiger partial charge in [0.15, 0.2) is 0 Å². The molecule has 0 aromatic carbocycles. The highest BCUT2D eigenvalue weighted by Gasteiger charge is 2.37. The third kappa shape index (κ3) is 5.62. The summed E-state index contributed by atoms with van der Waals surface area (Å²) >= 11 is 0. The number of nitrogens with one attached hydrogen (secondary N) is 1. The highest BCUT2D eigenvalue weighted by atomic mass is 16.2. The van der Waals surface area contributed by atoms with Crippen molar-refractivity contribution in [3.63, 3.8) is 0 Å². The number of amides is 2. The van der Waals surface area contributed by atoms with E-state index in [2.05, 4.69) is 17.1 Å². The van der Waals surface area contributed by atoms with Crippen LogP contribution in [0.25, 0.3) is 0 Å². The maximum Gasteiger partial charge on any atom is 0.223 e. The first kappa shape index (κ1) is 17.3. The largest absolute Gasteiger partial charge is 0.356 e. The zero-order valence-corrected chi connectivity index (χ0v) is 14.3. The van der Waals surface area contributed by atoms with Crippen LogP contribution in [0.3, 0.4) is 0 Å². The van der Waals surface area contributed by atoms with Gasteiger partial charge < -0.3 is 10.2 Å². The Morgan fingerprint density at radius 3 is 2.09 bits per heavy atom. The van der Waals surface area contributed by atoms with Crippen molar-refractivity contribution in [1.29, 1.82) is 0 Å². The third-order valence-corrected chi connectivity index (χ3v) is 5.05. The molecule has 2 amide bonds. The highest BCUT2D eigenvalue weighted by Crippen LogP contribution is 2.35. The van der Waals surface area contributed by atoms with Crippen LogP contribution in [0.1, 0.15) is 78.1 Å². The molecule has 0 saturated heterocycles. The first-order valence-electron chi connectivity index (χ1n) is 9.13. The average molecular weight is 308 g/mol. The molecule has 0 aromatic heterocycles. The molecule has 0 radical (unpaired) electrons. The van der Waals surface area contributed by atoms with Crippen molar-refractivity contribution in [1.82, 2.24) is 10.2 Å². The first-order chi connectivity index (χ1) is 10.6. The Morgan fingerprint density at radius 1 is 0.955 bits per heavy atom. The Morgan fingerprint density at radius 2 is 1.55 bits per heavy atom. The third-order valence-electron chi connectivity index (χ3n) is 5.05. The number of carbonyl (C=O) groups is 2. The maximum absolute atomic E-state index is 12.6. The summed E-state index contributed by atoms with van der Waals surface area (Å²) in [4.78, 5) is 25.6. The van der Waals surface area contributed by atoms with E-state index in [0.717, 1.165) is 31.7 Å². The van der Waals surface area contributed by atoms with Gasteiger partial charge in [0.25, 0.3) is 0 Å². The van der Waals surface area contributed by atoms with Crippen LogP contribution in [0.5, 0.6) is 0 Å². The van der Waals surface area contributed by atoms with E-state index in [1.807, 2.05) is 0 Å². The van der Waals surface area contributed by atoms with Gasteiger partial charge in [-0.1, -0.05) is 13.3 Å². The molecule has 0 unspecified atom stereocenters. The quantitative estimate of drug-likeness (QED) is 0.700. The smallest absolute Gasteiger partial charge is 0.223 e. The van der Waals surface area contributed by atoms with E-state index in [9.17, 15) is 9.59 Å². The van der Waals surface area contributed by atoms with E-state index in [-0.39, 0.29) is 5.91 Å². The molecule has 2 rings (SSSR count). The van der Waals surface area contributed by atoms with E-state index in [1.54, 1.807) is 6.92 Å². The molecular weight excluding hydrogens is 276 g/mol. The Labute approximate surface area is 135 Å². The van der Waals surface area contributed by atoms with Crippen molar-refractivity contribution in [2.24, 2.45) is 5.92 Å². The summed E-state index contributed by atoms with van der Waals surface area (Å²) in [5.74, 6) is 1.24. The molecule has 0 aliphatic heterocycles. The van der Waals surface area contributed by atoms with Gasteiger partial charge in [-0.05, 0) is 57.3 Å². The Kier molecular flexibility index (Phi) is 6.71. The van der Waals surface area contributed by atoms with Gasteiger partial charge in [0, 0.05) is 32.0 Å². The van der Waals surface area contributed by atoms with Crippen LogP contribution in [0, 0.1) is 5.92 Å². The summed E-state index contributed by atoms with van der Waals surface area (Å²) in [7, 11) is 0. The molecule has 4 heteroatoms. The second-order valence-electron chi connectivity index (χ2n) is 7.24. The van der Waals surface area contributed by atoms with Crippen molar-refractivity contribution < 1.29 is 9.59 Å². The number of hydrogen-bond donors (Lipinski definition) is 1.